The van der Waals surface area contributed by atoms with Gasteiger partial charge in [-0.25, -0.2) is 4.79 Å². The minimum atomic E-state index is -0.525. The van der Waals surface area contributed by atoms with Crippen molar-refractivity contribution < 1.29 is 14.3 Å². The first-order valence-corrected chi connectivity index (χ1v) is 7.99. The summed E-state index contributed by atoms with van der Waals surface area (Å²) in [5.74, 6) is -0.780. The maximum atomic E-state index is 12.2. The molecule has 0 unspecified atom stereocenters. The standard InChI is InChI=1S/C18H22N2O3/c1-12-8-14(10-19)9-13(2)17(12)18(22)23-11-16(21)20-15-6-4-3-5-7-15/h8-9,15H,3-7,11H2,1-2H3,(H,20,21). The fraction of sp³-hybridized carbons (Fsp3) is 0.500. The lowest BCUT2D eigenvalue weighted by Crippen LogP contribution is -2.38. The Bertz CT molecular complexity index is 617. The molecule has 1 aromatic rings. The Morgan fingerprint density at radius 3 is 2.39 bits per heavy atom. The van der Waals surface area contributed by atoms with Crippen molar-refractivity contribution in [3.05, 3.63) is 34.4 Å². The van der Waals surface area contributed by atoms with Gasteiger partial charge in [0.2, 0.25) is 0 Å². The zero-order valence-electron chi connectivity index (χ0n) is 13.6. The number of nitriles is 1. The van der Waals surface area contributed by atoms with E-state index in [1.165, 1.54) is 6.42 Å². The van der Waals surface area contributed by atoms with E-state index in [1.807, 2.05) is 0 Å². The highest BCUT2D eigenvalue weighted by Gasteiger charge is 2.19. The molecule has 0 heterocycles. The highest BCUT2D eigenvalue weighted by Crippen LogP contribution is 2.18. The number of benzene rings is 1. The van der Waals surface area contributed by atoms with Gasteiger partial charge >= 0.3 is 5.97 Å². The van der Waals surface area contributed by atoms with E-state index in [-0.39, 0.29) is 18.6 Å². The van der Waals surface area contributed by atoms with Crippen LogP contribution in [0.3, 0.4) is 0 Å². The molecule has 23 heavy (non-hydrogen) atoms. The molecule has 122 valence electrons. The Balaban J connectivity index is 1.92. The molecule has 0 saturated heterocycles. The van der Waals surface area contributed by atoms with Crippen LogP contribution in [0.15, 0.2) is 12.1 Å². The minimum absolute atomic E-state index is 0.202. The predicted molar refractivity (Wildman–Crippen MR) is 85.9 cm³/mol. The fourth-order valence-electron chi connectivity index (χ4n) is 3.07. The summed E-state index contributed by atoms with van der Waals surface area (Å²) in [6, 6.07) is 5.55. The molecule has 1 aliphatic rings. The summed E-state index contributed by atoms with van der Waals surface area (Å²) in [6.45, 7) is 3.24. The first kappa shape index (κ1) is 17.0. The van der Waals surface area contributed by atoms with Crippen LogP contribution >= 0.6 is 0 Å². The second-order valence-corrected chi connectivity index (χ2v) is 6.08. The molecule has 5 heteroatoms. The van der Waals surface area contributed by atoms with Crippen molar-refractivity contribution in [3.8, 4) is 6.07 Å². The Kier molecular flexibility index (Phi) is 5.75. The number of rotatable bonds is 4. The Labute approximate surface area is 136 Å². The summed E-state index contributed by atoms with van der Waals surface area (Å²) in [5.41, 5.74) is 2.29. The van der Waals surface area contributed by atoms with E-state index in [1.54, 1.807) is 26.0 Å². The Hall–Kier alpha value is -2.35. The Morgan fingerprint density at radius 1 is 1.22 bits per heavy atom. The van der Waals surface area contributed by atoms with E-state index < -0.39 is 5.97 Å². The molecular formula is C18H22N2O3. The topological polar surface area (TPSA) is 79.2 Å². The van der Waals surface area contributed by atoms with Crippen LogP contribution in [-0.4, -0.2) is 24.5 Å². The van der Waals surface area contributed by atoms with Crippen molar-refractivity contribution >= 4 is 11.9 Å². The van der Waals surface area contributed by atoms with Crippen LogP contribution in [0.1, 0.15) is 59.2 Å². The molecular weight excluding hydrogens is 292 g/mol. The number of esters is 1. The van der Waals surface area contributed by atoms with Crippen molar-refractivity contribution in [2.24, 2.45) is 0 Å². The molecule has 0 aliphatic heterocycles. The lowest BCUT2D eigenvalue weighted by Gasteiger charge is -2.22. The molecule has 0 radical (unpaired) electrons. The maximum absolute atomic E-state index is 12.2. The highest BCUT2D eigenvalue weighted by molar-refractivity contribution is 5.94. The second kappa shape index (κ2) is 7.77. The number of hydrogen-bond donors (Lipinski definition) is 1. The van der Waals surface area contributed by atoms with Gasteiger partial charge in [0.25, 0.3) is 5.91 Å². The van der Waals surface area contributed by atoms with Crippen LogP contribution in [0.5, 0.6) is 0 Å². The number of aryl methyl sites for hydroxylation is 2. The van der Waals surface area contributed by atoms with Gasteiger partial charge in [0.05, 0.1) is 17.2 Å². The number of carbonyl (C=O) groups is 2. The third kappa shape index (κ3) is 4.56. The Morgan fingerprint density at radius 2 is 1.83 bits per heavy atom. The molecule has 1 fully saturated rings. The summed E-state index contributed by atoms with van der Waals surface area (Å²) in [7, 11) is 0. The summed E-state index contributed by atoms with van der Waals surface area (Å²) < 4.78 is 5.13. The van der Waals surface area contributed by atoms with Crippen LogP contribution in [0.4, 0.5) is 0 Å². The zero-order chi connectivity index (χ0) is 16.8. The smallest absolute Gasteiger partial charge is 0.339 e. The maximum Gasteiger partial charge on any atom is 0.339 e. The van der Waals surface area contributed by atoms with Gasteiger partial charge in [0, 0.05) is 6.04 Å². The average molecular weight is 314 g/mol. The van der Waals surface area contributed by atoms with Crippen LogP contribution < -0.4 is 5.32 Å². The predicted octanol–water partition coefficient (Wildman–Crippen LogP) is 2.78. The van der Waals surface area contributed by atoms with Gasteiger partial charge in [-0.3, -0.25) is 4.79 Å². The summed E-state index contributed by atoms with van der Waals surface area (Å²) >= 11 is 0. The van der Waals surface area contributed by atoms with Gasteiger partial charge in [-0.05, 0) is 49.9 Å². The summed E-state index contributed by atoms with van der Waals surface area (Å²) in [4.78, 5) is 24.1. The first-order chi connectivity index (χ1) is 11.0. The summed E-state index contributed by atoms with van der Waals surface area (Å²) in [6.07, 6.45) is 5.47. The molecule has 1 N–H and O–H groups in total. The summed E-state index contributed by atoms with van der Waals surface area (Å²) in [5, 5.41) is 11.8. The third-order valence-electron chi connectivity index (χ3n) is 4.17. The minimum Gasteiger partial charge on any atom is -0.452 e. The molecule has 1 saturated carbocycles. The molecule has 5 nitrogen and oxygen atoms in total. The van der Waals surface area contributed by atoms with Crippen LogP contribution in [0.25, 0.3) is 0 Å². The number of hydrogen-bond acceptors (Lipinski definition) is 4. The van der Waals surface area contributed by atoms with E-state index in [0.717, 1.165) is 25.7 Å². The largest absolute Gasteiger partial charge is 0.452 e. The van der Waals surface area contributed by atoms with E-state index in [0.29, 0.717) is 22.3 Å². The van der Waals surface area contributed by atoms with Crippen molar-refractivity contribution in [2.75, 3.05) is 6.61 Å². The quantitative estimate of drug-likeness (QED) is 0.867. The van der Waals surface area contributed by atoms with Crippen LogP contribution in [0, 0.1) is 25.2 Å². The molecule has 0 bridgehead atoms. The SMILES string of the molecule is Cc1cc(C#N)cc(C)c1C(=O)OCC(=O)NC1CCCCC1. The van der Waals surface area contributed by atoms with Crippen molar-refractivity contribution in [3.63, 3.8) is 0 Å². The fourth-order valence-corrected chi connectivity index (χ4v) is 3.07. The van der Waals surface area contributed by atoms with E-state index >= 15 is 0 Å². The molecule has 0 aromatic heterocycles. The second-order valence-electron chi connectivity index (χ2n) is 6.08. The number of nitrogens with zero attached hydrogens (tertiary/aromatic N) is 1. The van der Waals surface area contributed by atoms with Gasteiger partial charge in [0.15, 0.2) is 6.61 Å². The molecule has 2 rings (SSSR count). The normalized spacial score (nSPS) is 14.8. The van der Waals surface area contributed by atoms with Crippen LogP contribution in [0.2, 0.25) is 0 Å². The van der Waals surface area contributed by atoms with Gasteiger partial charge in [0.1, 0.15) is 0 Å². The van der Waals surface area contributed by atoms with E-state index in [4.69, 9.17) is 10.00 Å². The molecule has 1 aromatic carbocycles. The first-order valence-electron chi connectivity index (χ1n) is 7.99. The average Bonchev–Trinajstić information content (AvgIpc) is 2.53. The van der Waals surface area contributed by atoms with Crippen molar-refractivity contribution in [1.29, 1.82) is 5.26 Å². The number of ether oxygens (including phenoxy) is 1. The van der Waals surface area contributed by atoms with Crippen molar-refractivity contribution in [1.82, 2.24) is 5.32 Å². The number of carbonyl (C=O) groups excluding carboxylic acids is 2. The molecule has 0 spiro atoms. The third-order valence-corrected chi connectivity index (χ3v) is 4.17. The number of amides is 1. The lowest BCUT2D eigenvalue weighted by molar-refractivity contribution is -0.125. The molecule has 1 aliphatic carbocycles. The lowest BCUT2D eigenvalue weighted by atomic mass is 9.95. The van der Waals surface area contributed by atoms with Gasteiger partial charge in [-0.2, -0.15) is 5.26 Å². The van der Waals surface area contributed by atoms with E-state index in [2.05, 4.69) is 11.4 Å². The van der Waals surface area contributed by atoms with E-state index in [9.17, 15) is 9.59 Å². The highest BCUT2D eigenvalue weighted by atomic mass is 16.5. The monoisotopic (exact) mass is 314 g/mol. The molecule has 1 amide bonds. The van der Waals surface area contributed by atoms with Gasteiger partial charge in [-0.1, -0.05) is 19.3 Å². The molecule has 0 atom stereocenters. The van der Waals surface area contributed by atoms with Gasteiger partial charge < -0.3 is 10.1 Å². The van der Waals surface area contributed by atoms with Crippen molar-refractivity contribution in [2.45, 2.75) is 52.0 Å². The van der Waals surface area contributed by atoms with Gasteiger partial charge in [-0.15, -0.1) is 0 Å². The zero-order valence-corrected chi connectivity index (χ0v) is 13.6. The number of nitrogens with one attached hydrogen (secondary N) is 1. The van der Waals surface area contributed by atoms with Crippen LogP contribution in [-0.2, 0) is 9.53 Å².